The van der Waals surface area contributed by atoms with E-state index in [0.29, 0.717) is 12.8 Å². The topological polar surface area (TPSA) is 113 Å². The van der Waals surface area contributed by atoms with Crippen LogP contribution >= 0.6 is 0 Å². The van der Waals surface area contributed by atoms with Gasteiger partial charge in [0.1, 0.15) is 0 Å². The van der Waals surface area contributed by atoms with Gasteiger partial charge in [0.05, 0.1) is 11.7 Å². The minimum atomic E-state index is -3.37. The summed E-state index contributed by atoms with van der Waals surface area (Å²) in [5.74, 6) is -1.29. The van der Waals surface area contributed by atoms with Crippen molar-refractivity contribution in [3.8, 4) is 0 Å². The Bertz CT molecular complexity index is 507. The molecule has 8 heteroatoms. The quantitative estimate of drug-likeness (QED) is 0.631. The maximum atomic E-state index is 12.0. The van der Waals surface area contributed by atoms with E-state index in [1.54, 1.807) is 13.8 Å². The van der Waals surface area contributed by atoms with Crippen LogP contribution in [0, 0.1) is 5.41 Å². The van der Waals surface area contributed by atoms with E-state index in [4.69, 9.17) is 0 Å². The standard InChI is InChI=1S/C13H24N2O5S/c1-12(2,15-21(3,19)20)9-14-10(16)8-13(11(17)18)6-4-5-7-13/h15H,4-9H2,1-3H3,(H,14,16)(H,17,18). The Balaban J connectivity index is 2.56. The highest BCUT2D eigenvalue weighted by Crippen LogP contribution is 2.41. The summed E-state index contributed by atoms with van der Waals surface area (Å²) in [5.41, 5.74) is -1.78. The second kappa shape index (κ2) is 6.31. The summed E-state index contributed by atoms with van der Waals surface area (Å²) in [6, 6.07) is 0. The number of nitrogens with one attached hydrogen (secondary N) is 2. The fourth-order valence-corrected chi connectivity index (χ4v) is 3.82. The van der Waals surface area contributed by atoms with Crippen molar-refractivity contribution in [3.05, 3.63) is 0 Å². The summed E-state index contributed by atoms with van der Waals surface area (Å²) < 4.78 is 24.8. The first-order valence-corrected chi connectivity index (χ1v) is 8.84. The Morgan fingerprint density at radius 2 is 1.76 bits per heavy atom. The zero-order chi connectivity index (χ0) is 16.3. The number of aliphatic carboxylic acids is 1. The van der Waals surface area contributed by atoms with E-state index >= 15 is 0 Å². The fraction of sp³-hybridized carbons (Fsp3) is 0.846. The number of hydrogen-bond donors (Lipinski definition) is 3. The maximum Gasteiger partial charge on any atom is 0.310 e. The molecule has 0 unspecified atom stereocenters. The monoisotopic (exact) mass is 320 g/mol. The molecule has 0 heterocycles. The number of hydrogen-bond acceptors (Lipinski definition) is 4. The second-order valence-electron chi connectivity index (χ2n) is 6.50. The molecular weight excluding hydrogens is 296 g/mol. The van der Waals surface area contributed by atoms with Crippen LogP contribution in [0.5, 0.6) is 0 Å². The predicted octanol–water partition coefficient (Wildman–Crippen LogP) is 0.466. The summed E-state index contributed by atoms with van der Waals surface area (Å²) in [5, 5.41) is 11.9. The highest BCUT2D eigenvalue weighted by atomic mass is 32.2. The molecule has 1 aliphatic carbocycles. The minimum absolute atomic E-state index is 0.0582. The molecule has 0 aromatic rings. The van der Waals surface area contributed by atoms with Crippen molar-refractivity contribution < 1.29 is 23.1 Å². The average Bonchev–Trinajstić information content (AvgIpc) is 2.73. The molecule has 7 nitrogen and oxygen atoms in total. The Morgan fingerprint density at radius 1 is 1.24 bits per heavy atom. The van der Waals surface area contributed by atoms with Gasteiger partial charge in [-0.15, -0.1) is 0 Å². The van der Waals surface area contributed by atoms with E-state index in [9.17, 15) is 23.1 Å². The van der Waals surface area contributed by atoms with Gasteiger partial charge in [0.15, 0.2) is 0 Å². The van der Waals surface area contributed by atoms with Gasteiger partial charge < -0.3 is 10.4 Å². The molecule has 0 spiro atoms. The van der Waals surface area contributed by atoms with Crippen LogP contribution in [0.15, 0.2) is 0 Å². The average molecular weight is 320 g/mol. The molecule has 1 saturated carbocycles. The number of carboxylic acid groups (broad SMARTS) is 1. The lowest BCUT2D eigenvalue weighted by Crippen LogP contribution is -2.51. The van der Waals surface area contributed by atoms with Crippen LogP contribution in [0.25, 0.3) is 0 Å². The van der Waals surface area contributed by atoms with Gasteiger partial charge in [-0.05, 0) is 26.7 Å². The molecule has 1 aliphatic rings. The fourth-order valence-electron chi connectivity index (χ4n) is 2.75. The molecular formula is C13H24N2O5S. The van der Waals surface area contributed by atoms with Gasteiger partial charge in [0.2, 0.25) is 15.9 Å². The minimum Gasteiger partial charge on any atom is -0.481 e. The van der Waals surface area contributed by atoms with E-state index in [2.05, 4.69) is 10.0 Å². The van der Waals surface area contributed by atoms with Crippen molar-refractivity contribution >= 4 is 21.9 Å². The molecule has 0 saturated heterocycles. The summed E-state index contributed by atoms with van der Waals surface area (Å²) in [4.78, 5) is 23.3. The number of carboxylic acids is 1. The van der Waals surface area contributed by atoms with Crippen LogP contribution in [0.1, 0.15) is 46.0 Å². The van der Waals surface area contributed by atoms with Gasteiger partial charge in [0, 0.05) is 18.5 Å². The molecule has 1 rings (SSSR count). The first-order chi connectivity index (χ1) is 9.46. The molecule has 0 bridgehead atoms. The number of sulfonamides is 1. The first kappa shape index (κ1) is 17.9. The Kier molecular flexibility index (Phi) is 5.38. The molecule has 0 atom stereocenters. The summed E-state index contributed by atoms with van der Waals surface area (Å²) in [6.07, 6.45) is 3.66. The molecule has 0 radical (unpaired) electrons. The molecule has 0 aliphatic heterocycles. The summed E-state index contributed by atoms with van der Waals surface area (Å²) in [6.45, 7) is 3.41. The van der Waals surface area contributed by atoms with Crippen LogP contribution in [0.3, 0.4) is 0 Å². The highest BCUT2D eigenvalue weighted by molar-refractivity contribution is 7.88. The SMILES string of the molecule is CC(C)(CNC(=O)CC1(C(=O)O)CCCC1)NS(C)(=O)=O. The van der Waals surface area contributed by atoms with E-state index in [1.165, 1.54) is 0 Å². The highest BCUT2D eigenvalue weighted by Gasteiger charge is 2.43. The van der Waals surface area contributed by atoms with E-state index in [-0.39, 0.29) is 18.9 Å². The number of amides is 1. The van der Waals surface area contributed by atoms with Crippen LogP contribution in [0.2, 0.25) is 0 Å². The van der Waals surface area contributed by atoms with Crippen LogP contribution in [-0.4, -0.2) is 43.7 Å². The summed E-state index contributed by atoms with van der Waals surface area (Å²) in [7, 11) is -3.37. The molecule has 3 N–H and O–H groups in total. The molecule has 1 amide bonds. The maximum absolute atomic E-state index is 12.0. The third kappa shape index (κ3) is 5.62. The number of carbonyl (C=O) groups excluding carboxylic acids is 1. The molecule has 0 aromatic heterocycles. The van der Waals surface area contributed by atoms with Crippen molar-refractivity contribution in [1.29, 1.82) is 0 Å². The van der Waals surface area contributed by atoms with E-state index in [0.717, 1.165) is 19.1 Å². The van der Waals surface area contributed by atoms with Crippen molar-refractivity contribution in [2.24, 2.45) is 5.41 Å². The predicted molar refractivity (Wildman–Crippen MR) is 78.2 cm³/mol. The van der Waals surface area contributed by atoms with Gasteiger partial charge in [-0.1, -0.05) is 12.8 Å². The van der Waals surface area contributed by atoms with Crippen molar-refractivity contribution in [2.45, 2.75) is 51.5 Å². The lowest BCUT2D eigenvalue weighted by Gasteiger charge is -2.27. The smallest absolute Gasteiger partial charge is 0.310 e. The largest absolute Gasteiger partial charge is 0.481 e. The normalized spacial score (nSPS) is 18.4. The zero-order valence-corrected chi connectivity index (χ0v) is 13.5. The van der Waals surface area contributed by atoms with Gasteiger partial charge in [-0.25, -0.2) is 13.1 Å². The Hall–Kier alpha value is -1.15. The molecule has 21 heavy (non-hydrogen) atoms. The number of rotatable bonds is 7. The lowest BCUT2D eigenvalue weighted by molar-refractivity contribution is -0.151. The number of carbonyl (C=O) groups is 2. The van der Waals surface area contributed by atoms with Gasteiger partial charge in [0.25, 0.3) is 0 Å². The van der Waals surface area contributed by atoms with Crippen molar-refractivity contribution in [1.82, 2.24) is 10.0 Å². The zero-order valence-electron chi connectivity index (χ0n) is 12.7. The molecule has 0 aromatic carbocycles. The van der Waals surface area contributed by atoms with E-state index in [1.807, 2.05) is 0 Å². The van der Waals surface area contributed by atoms with Gasteiger partial charge in [-0.2, -0.15) is 0 Å². The van der Waals surface area contributed by atoms with Gasteiger partial charge >= 0.3 is 5.97 Å². The molecule has 1 fully saturated rings. The van der Waals surface area contributed by atoms with Crippen molar-refractivity contribution in [2.75, 3.05) is 12.8 Å². The van der Waals surface area contributed by atoms with Gasteiger partial charge in [-0.3, -0.25) is 9.59 Å². The van der Waals surface area contributed by atoms with Crippen LogP contribution < -0.4 is 10.0 Å². The summed E-state index contributed by atoms with van der Waals surface area (Å²) >= 11 is 0. The van der Waals surface area contributed by atoms with Crippen molar-refractivity contribution in [3.63, 3.8) is 0 Å². The van der Waals surface area contributed by atoms with E-state index < -0.39 is 26.9 Å². The van der Waals surface area contributed by atoms with Crippen LogP contribution in [-0.2, 0) is 19.6 Å². The third-order valence-electron chi connectivity index (χ3n) is 3.70. The van der Waals surface area contributed by atoms with Crippen LogP contribution in [0.4, 0.5) is 0 Å². The second-order valence-corrected chi connectivity index (χ2v) is 8.25. The lowest BCUT2D eigenvalue weighted by atomic mass is 9.82. The third-order valence-corrected chi connectivity index (χ3v) is 4.63. The molecule has 122 valence electrons. The Labute approximate surface area is 125 Å². The Morgan fingerprint density at radius 3 is 2.19 bits per heavy atom. The first-order valence-electron chi connectivity index (χ1n) is 6.95.